The van der Waals surface area contributed by atoms with Crippen LogP contribution in [0.1, 0.15) is 24.5 Å². The Morgan fingerprint density at radius 1 is 1.41 bits per heavy atom. The Morgan fingerprint density at radius 3 is 2.93 bits per heavy atom. The Balaban J connectivity index is 2.10. The van der Waals surface area contributed by atoms with Crippen molar-refractivity contribution in [2.45, 2.75) is 20.3 Å². The Hall–Kier alpha value is -3.60. The van der Waals surface area contributed by atoms with Gasteiger partial charge in [-0.15, -0.1) is 0 Å². The van der Waals surface area contributed by atoms with Crippen LogP contribution in [-0.2, 0) is 0 Å². The number of ether oxygens (including phenoxy) is 1. The van der Waals surface area contributed by atoms with E-state index in [1.54, 1.807) is 7.11 Å². The Kier molecular flexibility index (Phi) is 5.22. The van der Waals surface area contributed by atoms with Gasteiger partial charge in [0.15, 0.2) is 11.6 Å². The molecule has 0 saturated heterocycles. The highest BCUT2D eigenvalue weighted by Crippen LogP contribution is 2.28. The summed E-state index contributed by atoms with van der Waals surface area (Å²) in [6, 6.07) is 9.20. The molecule has 2 N–H and O–H groups in total. The molecular weight excluding hydrogens is 344 g/mol. The van der Waals surface area contributed by atoms with E-state index in [1.165, 1.54) is 10.9 Å². The zero-order valence-corrected chi connectivity index (χ0v) is 15.4. The minimum Gasteiger partial charge on any atom is -0.494 e. The van der Waals surface area contributed by atoms with E-state index in [9.17, 15) is 10.1 Å². The van der Waals surface area contributed by atoms with Gasteiger partial charge in [-0.05, 0) is 31.0 Å². The van der Waals surface area contributed by atoms with E-state index in [1.807, 2.05) is 44.2 Å². The summed E-state index contributed by atoms with van der Waals surface area (Å²) in [5.41, 5.74) is 1.91. The first kappa shape index (κ1) is 18.2. The first-order chi connectivity index (χ1) is 13.1. The molecule has 0 fully saturated rings. The van der Waals surface area contributed by atoms with Gasteiger partial charge in [0.1, 0.15) is 22.9 Å². The minimum atomic E-state index is -0.398. The van der Waals surface area contributed by atoms with E-state index in [2.05, 4.69) is 20.7 Å². The topological polar surface area (TPSA) is 105 Å². The molecule has 0 aliphatic heterocycles. The first-order valence-corrected chi connectivity index (χ1v) is 8.56. The van der Waals surface area contributed by atoms with Gasteiger partial charge in [0.05, 0.1) is 13.3 Å². The molecule has 2 heterocycles. The standard InChI is InChI=1S/C19H20N6O2/c1-4-8-21-19(26)24-18-13(10-20)11-22-25(18)16-9-12(2)14-6-5-7-15(27-3)17(14)23-16/h5-7,9,11H,4,8H2,1-3H3,(H2,21,24,26). The number of fused-ring (bicyclic) bond motifs is 1. The van der Waals surface area contributed by atoms with Gasteiger partial charge >= 0.3 is 6.03 Å². The van der Waals surface area contributed by atoms with Gasteiger partial charge in [0.2, 0.25) is 0 Å². The summed E-state index contributed by atoms with van der Waals surface area (Å²) in [7, 11) is 1.59. The van der Waals surface area contributed by atoms with E-state index in [0.717, 1.165) is 17.4 Å². The Morgan fingerprint density at radius 2 is 2.22 bits per heavy atom. The predicted molar refractivity (Wildman–Crippen MR) is 102 cm³/mol. The average molecular weight is 364 g/mol. The van der Waals surface area contributed by atoms with Crippen molar-refractivity contribution in [3.8, 4) is 17.6 Å². The second-order valence-corrected chi connectivity index (χ2v) is 5.97. The number of aromatic nitrogens is 3. The Bertz CT molecular complexity index is 1030. The molecule has 138 valence electrons. The number of amides is 2. The normalized spacial score (nSPS) is 10.4. The smallest absolute Gasteiger partial charge is 0.320 e. The first-order valence-electron chi connectivity index (χ1n) is 8.56. The molecule has 3 rings (SSSR count). The van der Waals surface area contributed by atoms with Crippen molar-refractivity contribution in [2.24, 2.45) is 0 Å². The van der Waals surface area contributed by atoms with Crippen molar-refractivity contribution in [3.63, 3.8) is 0 Å². The molecule has 2 amide bonds. The van der Waals surface area contributed by atoms with Crippen molar-refractivity contribution in [1.29, 1.82) is 5.26 Å². The lowest BCUT2D eigenvalue weighted by molar-refractivity contribution is 0.252. The Labute approximate surface area is 156 Å². The van der Waals surface area contributed by atoms with E-state index in [-0.39, 0.29) is 11.4 Å². The summed E-state index contributed by atoms with van der Waals surface area (Å²) in [6.07, 6.45) is 2.21. The number of rotatable bonds is 5. The lowest BCUT2D eigenvalue weighted by Crippen LogP contribution is -2.30. The number of methoxy groups -OCH3 is 1. The van der Waals surface area contributed by atoms with Gasteiger partial charge in [-0.3, -0.25) is 5.32 Å². The van der Waals surface area contributed by atoms with Gasteiger partial charge in [-0.25, -0.2) is 9.78 Å². The number of hydrogen-bond acceptors (Lipinski definition) is 5. The fraction of sp³-hybridized carbons (Fsp3) is 0.263. The van der Waals surface area contributed by atoms with E-state index < -0.39 is 6.03 Å². The fourth-order valence-corrected chi connectivity index (χ4v) is 2.76. The third-order valence-corrected chi connectivity index (χ3v) is 4.09. The number of urea groups is 1. The van der Waals surface area contributed by atoms with Crippen molar-refractivity contribution in [1.82, 2.24) is 20.1 Å². The summed E-state index contributed by atoms with van der Waals surface area (Å²) >= 11 is 0. The molecular formula is C19H20N6O2. The van der Waals surface area contributed by atoms with Crippen molar-refractivity contribution in [2.75, 3.05) is 19.0 Å². The average Bonchev–Trinajstić information content (AvgIpc) is 3.08. The van der Waals surface area contributed by atoms with Gasteiger partial charge in [-0.2, -0.15) is 15.0 Å². The van der Waals surface area contributed by atoms with Crippen LogP contribution >= 0.6 is 0 Å². The fourth-order valence-electron chi connectivity index (χ4n) is 2.76. The SMILES string of the molecule is CCCNC(=O)Nc1c(C#N)cnn1-c1cc(C)c2cccc(OC)c2n1. The van der Waals surface area contributed by atoms with Crippen LogP contribution in [0.15, 0.2) is 30.5 Å². The van der Waals surface area contributed by atoms with Crippen molar-refractivity contribution < 1.29 is 9.53 Å². The second kappa shape index (κ2) is 7.74. The zero-order chi connectivity index (χ0) is 19.4. The van der Waals surface area contributed by atoms with Crippen LogP contribution in [0.4, 0.5) is 10.6 Å². The molecule has 0 radical (unpaired) electrons. The summed E-state index contributed by atoms with van der Waals surface area (Å²) in [4.78, 5) is 16.7. The molecule has 0 spiro atoms. The third-order valence-electron chi connectivity index (χ3n) is 4.09. The van der Waals surface area contributed by atoms with Crippen LogP contribution in [0.25, 0.3) is 16.7 Å². The lowest BCUT2D eigenvalue weighted by Gasteiger charge is -2.12. The molecule has 1 aromatic carbocycles. The molecule has 3 aromatic rings. The summed E-state index contributed by atoms with van der Waals surface area (Å²) in [5, 5.41) is 20.0. The van der Waals surface area contributed by atoms with Crippen LogP contribution in [-0.4, -0.2) is 34.5 Å². The number of aryl methyl sites for hydroxylation is 1. The molecule has 8 heteroatoms. The molecule has 0 aliphatic carbocycles. The van der Waals surface area contributed by atoms with E-state index in [4.69, 9.17) is 4.74 Å². The number of nitrogens with zero attached hydrogens (tertiary/aromatic N) is 4. The van der Waals surface area contributed by atoms with Gasteiger partial charge in [0.25, 0.3) is 0 Å². The minimum absolute atomic E-state index is 0.251. The lowest BCUT2D eigenvalue weighted by atomic mass is 10.1. The molecule has 0 atom stereocenters. The highest BCUT2D eigenvalue weighted by atomic mass is 16.5. The highest BCUT2D eigenvalue weighted by molar-refractivity contribution is 5.91. The maximum atomic E-state index is 12.1. The van der Waals surface area contributed by atoms with Gasteiger partial charge in [0, 0.05) is 11.9 Å². The van der Waals surface area contributed by atoms with E-state index in [0.29, 0.717) is 23.6 Å². The van der Waals surface area contributed by atoms with Gasteiger partial charge in [-0.1, -0.05) is 19.1 Å². The molecule has 2 aromatic heterocycles. The maximum Gasteiger partial charge on any atom is 0.320 e. The van der Waals surface area contributed by atoms with Crippen molar-refractivity contribution in [3.05, 3.63) is 41.6 Å². The zero-order valence-electron chi connectivity index (χ0n) is 15.4. The number of carbonyl (C=O) groups is 1. The van der Waals surface area contributed by atoms with Crippen molar-refractivity contribution >= 4 is 22.8 Å². The summed E-state index contributed by atoms with van der Waals surface area (Å²) < 4.78 is 6.86. The van der Waals surface area contributed by atoms with Crippen LogP contribution in [0.2, 0.25) is 0 Å². The molecule has 27 heavy (non-hydrogen) atoms. The molecule has 0 bridgehead atoms. The third kappa shape index (κ3) is 3.53. The molecule has 0 unspecified atom stereocenters. The number of anilines is 1. The highest BCUT2D eigenvalue weighted by Gasteiger charge is 2.17. The number of nitrogens with one attached hydrogen (secondary N) is 2. The quantitative estimate of drug-likeness (QED) is 0.723. The van der Waals surface area contributed by atoms with Crippen LogP contribution < -0.4 is 15.4 Å². The molecule has 8 nitrogen and oxygen atoms in total. The number of hydrogen-bond donors (Lipinski definition) is 2. The maximum absolute atomic E-state index is 12.1. The van der Waals surface area contributed by atoms with Crippen LogP contribution in [0.3, 0.4) is 0 Å². The van der Waals surface area contributed by atoms with Crippen LogP contribution in [0, 0.1) is 18.3 Å². The summed E-state index contributed by atoms with van der Waals surface area (Å²) in [5.74, 6) is 1.39. The predicted octanol–water partition coefficient (Wildman–Crippen LogP) is 3.14. The number of benzene rings is 1. The molecule has 0 aliphatic rings. The number of pyridine rings is 1. The number of nitriles is 1. The second-order valence-electron chi connectivity index (χ2n) is 5.97. The van der Waals surface area contributed by atoms with Crippen LogP contribution in [0.5, 0.6) is 5.75 Å². The molecule has 0 saturated carbocycles. The largest absolute Gasteiger partial charge is 0.494 e. The number of para-hydroxylation sites is 1. The number of carbonyl (C=O) groups excluding carboxylic acids is 1. The van der Waals surface area contributed by atoms with Gasteiger partial charge < -0.3 is 10.1 Å². The van der Waals surface area contributed by atoms with E-state index >= 15 is 0 Å². The summed E-state index contributed by atoms with van der Waals surface area (Å²) in [6.45, 7) is 4.45. The monoisotopic (exact) mass is 364 g/mol.